The van der Waals surface area contributed by atoms with E-state index >= 15 is 0 Å². The molecule has 0 fully saturated rings. The molecule has 0 spiro atoms. The lowest BCUT2D eigenvalue weighted by Gasteiger charge is -2.09. The Labute approximate surface area is 144 Å². The van der Waals surface area contributed by atoms with Crippen LogP contribution in [0.25, 0.3) is 11.5 Å². The van der Waals surface area contributed by atoms with Gasteiger partial charge in [0.15, 0.2) is 5.16 Å². The predicted octanol–water partition coefficient (Wildman–Crippen LogP) is 3.91. The SMILES string of the molecule is C[C@H](Sc1nnc2n1CCCCC2)c1nnc(-c2ccccc2)o1. The Morgan fingerprint density at radius 1 is 1.04 bits per heavy atom. The smallest absolute Gasteiger partial charge is 0.247 e. The van der Waals surface area contributed by atoms with Crippen molar-refractivity contribution in [2.45, 2.75) is 49.6 Å². The number of nitrogens with zero attached hydrogens (tertiary/aromatic N) is 5. The molecular weight excluding hydrogens is 322 g/mol. The Morgan fingerprint density at radius 2 is 1.92 bits per heavy atom. The van der Waals surface area contributed by atoms with Crippen LogP contribution in [0.15, 0.2) is 39.9 Å². The van der Waals surface area contributed by atoms with Crippen molar-refractivity contribution in [3.63, 3.8) is 0 Å². The molecule has 1 aliphatic rings. The highest BCUT2D eigenvalue weighted by Gasteiger charge is 2.21. The largest absolute Gasteiger partial charge is 0.419 e. The van der Waals surface area contributed by atoms with Gasteiger partial charge in [-0.25, -0.2) is 0 Å². The van der Waals surface area contributed by atoms with E-state index in [1.807, 2.05) is 30.3 Å². The summed E-state index contributed by atoms with van der Waals surface area (Å²) in [5.41, 5.74) is 0.935. The maximum atomic E-state index is 5.85. The predicted molar refractivity (Wildman–Crippen MR) is 91.6 cm³/mol. The monoisotopic (exact) mass is 341 g/mol. The van der Waals surface area contributed by atoms with E-state index in [0.29, 0.717) is 11.8 Å². The highest BCUT2D eigenvalue weighted by Crippen LogP contribution is 2.35. The van der Waals surface area contributed by atoms with Gasteiger partial charge in [-0.3, -0.25) is 0 Å². The lowest BCUT2D eigenvalue weighted by atomic mass is 10.2. The summed E-state index contributed by atoms with van der Waals surface area (Å²) in [6, 6.07) is 9.82. The van der Waals surface area contributed by atoms with Crippen molar-refractivity contribution in [2.75, 3.05) is 0 Å². The van der Waals surface area contributed by atoms with E-state index in [-0.39, 0.29) is 5.25 Å². The number of hydrogen-bond donors (Lipinski definition) is 0. The number of fused-ring (bicyclic) bond motifs is 1. The van der Waals surface area contributed by atoms with Gasteiger partial charge < -0.3 is 8.98 Å². The molecule has 0 saturated heterocycles. The second-order valence-electron chi connectivity index (χ2n) is 5.93. The van der Waals surface area contributed by atoms with Gasteiger partial charge in [-0.15, -0.1) is 20.4 Å². The third-order valence-electron chi connectivity index (χ3n) is 4.17. The molecule has 7 heteroatoms. The first-order chi connectivity index (χ1) is 11.8. The van der Waals surface area contributed by atoms with Gasteiger partial charge in [-0.05, 0) is 31.9 Å². The molecule has 124 valence electrons. The molecule has 1 aromatic carbocycles. The van der Waals surface area contributed by atoms with Crippen LogP contribution in [0, 0.1) is 0 Å². The number of rotatable bonds is 4. The van der Waals surface area contributed by atoms with Crippen molar-refractivity contribution in [3.8, 4) is 11.5 Å². The second-order valence-corrected chi connectivity index (χ2v) is 7.24. The van der Waals surface area contributed by atoms with Crippen LogP contribution in [-0.4, -0.2) is 25.0 Å². The highest BCUT2D eigenvalue weighted by atomic mass is 32.2. The molecule has 0 radical (unpaired) electrons. The van der Waals surface area contributed by atoms with Gasteiger partial charge in [0.25, 0.3) is 0 Å². The van der Waals surface area contributed by atoms with Crippen LogP contribution < -0.4 is 0 Å². The number of benzene rings is 1. The molecule has 0 bridgehead atoms. The average Bonchev–Trinajstić information content (AvgIpc) is 3.18. The van der Waals surface area contributed by atoms with E-state index in [4.69, 9.17) is 4.42 Å². The van der Waals surface area contributed by atoms with Crippen LogP contribution in [0.3, 0.4) is 0 Å². The normalized spacial score (nSPS) is 15.7. The van der Waals surface area contributed by atoms with Gasteiger partial charge in [0.1, 0.15) is 5.82 Å². The molecule has 0 aliphatic carbocycles. The molecule has 4 rings (SSSR count). The van der Waals surface area contributed by atoms with Crippen LogP contribution in [0.4, 0.5) is 0 Å². The number of aryl methyl sites for hydroxylation is 1. The summed E-state index contributed by atoms with van der Waals surface area (Å²) < 4.78 is 8.09. The Hall–Kier alpha value is -2.15. The first-order valence-corrected chi connectivity index (χ1v) is 9.17. The first-order valence-electron chi connectivity index (χ1n) is 8.29. The quantitative estimate of drug-likeness (QED) is 0.670. The van der Waals surface area contributed by atoms with E-state index in [9.17, 15) is 0 Å². The number of hydrogen-bond acceptors (Lipinski definition) is 6. The van der Waals surface area contributed by atoms with Crippen molar-refractivity contribution < 1.29 is 4.42 Å². The van der Waals surface area contributed by atoms with E-state index in [1.54, 1.807) is 11.8 Å². The van der Waals surface area contributed by atoms with E-state index in [0.717, 1.165) is 29.5 Å². The minimum Gasteiger partial charge on any atom is -0.419 e. The van der Waals surface area contributed by atoms with Gasteiger partial charge >= 0.3 is 0 Å². The summed E-state index contributed by atoms with van der Waals surface area (Å²) in [4.78, 5) is 0. The minimum atomic E-state index is 0.0338. The third kappa shape index (κ3) is 3.08. The summed E-state index contributed by atoms with van der Waals surface area (Å²) in [5.74, 6) is 2.26. The standard InChI is InChI=1S/C17H19N5OS/c1-12(15-19-20-16(23-15)13-8-4-2-5-9-13)24-17-21-18-14-10-6-3-7-11-22(14)17/h2,4-5,8-9,12H,3,6-7,10-11H2,1H3/t12-/m0/s1. The zero-order valence-corrected chi connectivity index (χ0v) is 14.4. The lowest BCUT2D eigenvalue weighted by Crippen LogP contribution is -2.03. The van der Waals surface area contributed by atoms with Gasteiger partial charge in [-0.1, -0.05) is 36.4 Å². The van der Waals surface area contributed by atoms with Crippen molar-refractivity contribution in [1.29, 1.82) is 0 Å². The summed E-state index contributed by atoms with van der Waals surface area (Å²) in [5, 5.41) is 18.1. The van der Waals surface area contributed by atoms with Crippen molar-refractivity contribution in [3.05, 3.63) is 42.0 Å². The maximum absolute atomic E-state index is 5.85. The van der Waals surface area contributed by atoms with Crippen LogP contribution >= 0.6 is 11.8 Å². The fraction of sp³-hybridized carbons (Fsp3) is 0.412. The topological polar surface area (TPSA) is 69.6 Å². The lowest BCUT2D eigenvalue weighted by molar-refractivity contribution is 0.508. The Bertz CT molecular complexity index is 814. The molecular formula is C17H19N5OS. The van der Waals surface area contributed by atoms with Gasteiger partial charge in [-0.2, -0.15) is 0 Å². The van der Waals surface area contributed by atoms with Crippen molar-refractivity contribution in [1.82, 2.24) is 25.0 Å². The highest BCUT2D eigenvalue weighted by molar-refractivity contribution is 7.99. The van der Waals surface area contributed by atoms with Crippen molar-refractivity contribution >= 4 is 11.8 Å². The van der Waals surface area contributed by atoms with E-state index in [2.05, 4.69) is 31.9 Å². The minimum absolute atomic E-state index is 0.0338. The summed E-state index contributed by atoms with van der Waals surface area (Å²) in [6.07, 6.45) is 4.65. The fourth-order valence-electron chi connectivity index (χ4n) is 2.85. The maximum Gasteiger partial charge on any atom is 0.247 e. The molecule has 3 aromatic rings. The summed E-state index contributed by atoms with van der Waals surface area (Å²) in [7, 11) is 0. The molecule has 1 atom stereocenters. The zero-order valence-electron chi connectivity index (χ0n) is 13.6. The van der Waals surface area contributed by atoms with Crippen LogP contribution in [-0.2, 0) is 13.0 Å². The van der Waals surface area contributed by atoms with Gasteiger partial charge in [0.2, 0.25) is 11.8 Å². The molecule has 0 amide bonds. The molecule has 1 aliphatic heterocycles. The van der Waals surface area contributed by atoms with Gasteiger partial charge in [0, 0.05) is 18.5 Å². The first kappa shape index (κ1) is 15.4. The van der Waals surface area contributed by atoms with E-state index < -0.39 is 0 Å². The molecule has 0 N–H and O–H groups in total. The van der Waals surface area contributed by atoms with E-state index in [1.165, 1.54) is 19.3 Å². The summed E-state index contributed by atoms with van der Waals surface area (Å²) >= 11 is 1.63. The van der Waals surface area contributed by atoms with Crippen molar-refractivity contribution in [2.24, 2.45) is 0 Å². The molecule has 0 unspecified atom stereocenters. The summed E-state index contributed by atoms with van der Waals surface area (Å²) in [6.45, 7) is 3.06. The fourth-order valence-corrected chi connectivity index (χ4v) is 3.77. The average molecular weight is 341 g/mol. The number of thioether (sulfide) groups is 1. The zero-order chi connectivity index (χ0) is 16.4. The Balaban J connectivity index is 1.52. The molecule has 0 saturated carbocycles. The van der Waals surface area contributed by atoms with Crippen LogP contribution in [0.5, 0.6) is 0 Å². The van der Waals surface area contributed by atoms with Gasteiger partial charge in [0.05, 0.1) is 5.25 Å². The Kier molecular flexibility index (Phi) is 4.34. The third-order valence-corrected chi connectivity index (χ3v) is 5.23. The number of aromatic nitrogens is 5. The van der Waals surface area contributed by atoms with Crippen LogP contribution in [0.2, 0.25) is 0 Å². The Morgan fingerprint density at radius 3 is 2.79 bits per heavy atom. The molecule has 6 nitrogen and oxygen atoms in total. The molecule has 2 aromatic heterocycles. The van der Waals surface area contributed by atoms with Crippen LogP contribution in [0.1, 0.15) is 43.2 Å². The second kappa shape index (κ2) is 6.76. The molecule has 24 heavy (non-hydrogen) atoms. The molecule has 3 heterocycles.